The molecule has 0 bridgehead atoms. The summed E-state index contributed by atoms with van der Waals surface area (Å²) in [5.41, 5.74) is 0. The van der Waals surface area contributed by atoms with Crippen molar-refractivity contribution in [3.63, 3.8) is 0 Å². The molecule has 0 aliphatic carbocycles. The monoisotopic (exact) mass is 184 g/mol. The van der Waals surface area contributed by atoms with Crippen LogP contribution >= 0.6 is 0 Å². The third-order valence-electron chi connectivity index (χ3n) is 0.808. The first-order valence-electron chi connectivity index (χ1n) is 3.26. The molecule has 0 aromatic heterocycles. The molecule has 1 N–H and O–H groups in total. The highest BCUT2D eigenvalue weighted by Gasteiger charge is 2.02. The summed E-state index contributed by atoms with van der Waals surface area (Å²) < 4.78 is 36.8. The first-order valence-corrected chi connectivity index (χ1v) is 4.62. The van der Waals surface area contributed by atoms with Crippen molar-refractivity contribution in [3.05, 3.63) is 0 Å². The molecule has 0 rings (SSSR count). The smallest absolute Gasteiger partial charge is 0.379 e. The molecule has 0 aliphatic heterocycles. The van der Waals surface area contributed by atoms with Gasteiger partial charge in [-0.2, -0.15) is 8.42 Å². The van der Waals surface area contributed by atoms with E-state index in [1.54, 1.807) is 0 Å². The van der Waals surface area contributed by atoms with Crippen LogP contribution in [0.4, 0.5) is 0 Å². The van der Waals surface area contributed by atoms with E-state index in [4.69, 9.17) is 9.29 Å². The van der Waals surface area contributed by atoms with Crippen LogP contribution in [0.15, 0.2) is 0 Å². The number of hydrogen-bond donors (Lipinski definition) is 1. The van der Waals surface area contributed by atoms with E-state index in [1.165, 1.54) is 0 Å². The Morgan fingerprint density at radius 2 is 1.91 bits per heavy atom. The maximum Gasteiger partial charge on any atom is 0.397 e. The Morgan fingerprint density at radius 3 is 2.36 bits per heavy atom. The summed E-state index contributed by atoms with van der Waals surface area (Å²) >= 11 is 0. The summed E-state index contributed by atoms with van der Waals surface area (Å²) in [7, 11) is -4.29. The molecule has 0 heterocycles. The van der Waals surface area contributed by atoms with Crippen LogP contribution < -0.4 is 0 Å². The lowest BCUT2D eigenvalue weighted by Gasteiger charge is -2.00. The second-order valence-corrected chi connectivity index (χ2v) is 2.95. The zero-order valence-electron chi connectivity index (χ0n) is 6.32. The Morgan fingerprint density at radius 1 is 1.27 bits per heavy atom. The van der Waals surface area contributed by atoms with Crippen molar-refractivity contribution >= 4 is 10.4 Å². The first kappa shape index (κ1) is 10.8. The fourth-order valence-electron chi connectivity index (χ4n) is 0.445. The Balaban J connectivity index is 3.16. The van der Waals surface area contributed by atoms with E-state index in [0.29, 0.717) is 6.61 Å². The highest BCUT2D eigenvalue weighted by atomic mass is 32.3. The number of hydrogen-bond acceptors (Lipinski definition) is 4. The lowest BCUT2D eigenvalue weighted by molar-refractivity contribution is 0.0979. The summed E-state index contributed by atoms with van der Waals surface area (Å²) in [6.07, 6.45) is 0.867. The van der Waals surface area contributed by atoms with Crippen LogP contribution in [0.1, 0.15) is 13.3 Å². The summed E-state index contributed by atoms with van der Waals surface area (Å²) in [6.45, 7) is 2.53. The molecule has 0 aromatic rings. The van der Waals surface area contributed by atoms with Gasteiger partial charge in [0.05, 0.1) is 13.2 Å². The molecule has 0 amide bonds. The highest BCUT2D eigenvalue weighted by Crippen LogP contribution is 1.86. The topological polar surface area (TPSA) is 72.8 Å². The minimum Gasteiger partial charge on any atom is -0.379 e. The van der Waals surface area contributed by atoms with Crippen molar-refractivity contribution in [3.8, 4) is 0 Å². The Labute approximate surface area is 66.3 Å². The summed E-state index contributed by atoms with van der Waals surface area (Å²) in [6, 6.07) is 0. The van der Waals surface area contributed by atoms with Gasteiger partial charge in [0.1, 0.15) is 0 Å². The van der Waals surface area contributed by atoms with Gasteiger partial charge in [-0.05, 0) is 6.42 Å². The van der Waals surface area contributed by atoms with Gasteiger partial charge in [-0.15, -0.1) is 0 Å². The lowest BCUT2D eigenvalue weighted by atomic mass is 10.5. The molecule has 5 nitrogen and oxygen atoms in total. The minimum atomic E-state index is -4.29. The molecule has 68 valence electrons. The van der Waals surface area contributed by atoms with Crippen LogP contribution in [0.3, 0.4) is 0 Å². The van der Waals surface area contributed by atoms with Crippen molar-refractivity contribution in [2.45, 2.75) is 13.3 Å². The van der Waals surface area contributed by atoms with E-state index in [-0.39, 0.29) is 13.2 Å². The van der Waals surface area contributed by atoms with Gasteiger partial charge in [-0.3, -0.25) is 4.55 Å². The van der Waals surface area contributed by atoms with Crippen LogP contribution in [0.25, 0.3) is 0 Å². The van der Waals surface area contributed by atoms with Gasteiger partial charge in [0.25, 0.3) is 0 Å². The zero-order valence-corrected chi connectivity index (χ0v) is 7.13. The van der Waals surface area contributed by atoms with E-state index < -0.39 is 10.4 Å². The van der Waals surface area contributed by atoms with E-state index in [9.17, 15) is 8.42 Å². The van der Waals surface area contributed by atoms with E-state index in [1.807, 2.05) is 6.92 Å². The molecule has 0 aromatic carbocycles. The quantitative estimate of drug-likeness (QED) is 0.472. The van der Waals surface area contributed by atoms with Crippen molar-refractivity contribution in [2.75, 3.05) is 19.8 Å². The molecule has 0 radical (unpaired) electrons. The average Bonchev–Trinajstić information content (AvgIpc) is 1.85. The maximum absolute atomic E-state index is 9.94. The summed E-state index contributed by atoms with van der Waals surface area (Å²) in [5.74, 6) is 0. The first-order chi connectivity index (χ1) is 5.06. The molecule has 0 atom stereocenters. The van der Waals surface area contributed by atoms with Crippen LogP contribution in [-0.4, -0.2) is 32.8 Å². The van der Waals surface area contributed by atoms with E-state index >= 15 is 0 Å². The highest BCUT2D eigenvalue weighted by molar-refractivity contribution is 7.80. The fourth-order valence-corrected chi connectivity index (χ4v) is 0.723. The van der Waals surface area contributed by atoms with Crippen LogP contribution in [-0.2, 0) is 19.3 Å². The molecule has 0 saturated carbocycles. The molecular weight excluding hydrogens is 172 g/mol. The second-order valence-electron chi connectivity index (χ2n) is 1.86. The van der Waals surface area contributed by atoms with Crippen molar-refractivity contribution in [2.24, 2.45) is 0 Å². The predicted octanol–water partition coefficient (Wildman–Crippen LogP) is 0.232. The number of ether oxygens (including phenoxy) is 1. The van der Waals surface area contributed by atoms with Crippen LogP contribution in [0, 0.1) is 0 Å². The fraction of sp³-hybridized carbons (Fsp3) is 1.00. The van der Waals surface area contributed by atoms with Gasteiger partial charge < -0.3 is 4.74 Å². The van der Waals surface area contributed by atoms with Gasteiger partial charge in [-0.1, -0.05) is 6.92 Å². The zero-order chi connectivity index (χ0) is 8.74. The molecule has 11 heavy (non-hydrogen) atoms. The molecule has 0 fully saturated rings. The minimum absolute atomic E-state index is 0.140. The standard InChI is InChI=1S/C5H12O5S/c1-2-3-9-4-5-10-11(6,7)8/h2-5H2,1H3,(H,6,7,8). The van der Waals surface area contributed by atoms with Gasteiger partial charge >= 0.3 is 10.4 Å². The molecular formula is C5H12O5S. The molecule has 0 unspecified atom stereocenters. The van der Waals surface area contributed by atoms with E-state index in [0.717, 1.165) is 6.42 Å². The molecule has 6 heteroatoms. The third-order valence-corrected chi connectivity index (χ3v) is 1.27. The normalized spacial score (nSPS) is 11.8. The largest absolute Gasteiger partial charge is 0.397 e. The lowest BCUT2D eigenvalue weighted by Crippen LogP contribution is -2.10. The van der Waals surface area contributed by atoms with Crippen molar-refractivity contribution in [1.29, 1.82) is 0 Å². The van der Waals surface area contributed by atoms with E-state index in [2.05, 4.69) is 4.18 Å². The Hall–Kier alpha value is -0.170. The molecule has 0 aliphatic rings. The van der Waals surface area contributed by atoms with Gasteiger partial charge in [0.15, 0.2) is 0 Å². The Bertz CT molecular complexity index is 173. The van der Waals surface area contributed by atoms with Gasteiger partial charge in [0.2, 0.25) is 0 Å². The second kappa shape index (κ2) is 5.48. The average molecular weight is 184 g/mol. The Kier molecular flexibility index (Phi) is 5.39. The van der Waals surface area contributed by atoms with Crippen LogP contribution in [0.2, 0.25) is 0 Å². The summed E-state index contributed by atoms with van der Waals surface area (Å²) in [4.78, 5) is 0. The third kappa shape index (κ3) is 9.83. The van der Waals surface area contributed by atoms with Crippen molar-refractivity contribution < 1.29 is 21.9 Å². The SMILES string of the molecule is CCCOCCOS(=O)(=O)O. The summed E-state index contributed by atoms with van der Waals surface area (Å²) in [5, 5.41) is 0. The predicted molar refractivity (Wildman–Crippen MR) is 38.6 cm³/mol. The molecule has 0 saturated heterocycles. The van der Waals surface area contributed by atoms with Gasteiger partial charge in [-0.25, -0.2) is 4.18 Å². The van der Waals surface area contributed by atoms with Crippen molar-refractivity contribution in [1.82, 2.24) is 0 Å². The molecule has 0 spiro atoms. The maximum atomic E-state index is 9.94. The van der Waals surface area contributed by atoms with Gasteiger partial charge in [0, 0.05) is 6.61 Å². The van der Waals surface area contributed by atoms with Crippen LogP contribution in [0.5, 0.6) is 0 Å². The number of rotatable bonds is 6.